The van der Waals surface area contributed by atoms with Gasteiger partial charge >= 0.3 is 5.97 Å². The van der Waals surface area contributed by atoms with E-state index in [9.17, 15) is 4.79 Å². The zero-order valence-electron chi connectivity index (χ0n) is 11.0. The number of hydrogen-bond donors (Lipinski definition) is 0. The summed E-state index contributed by atoms with van der Waals surface area (Å²) in [4.78, 5) is 11.3. The highest BCUT2D eigenvalue weighted by atomic mass is 16.5. The Morgan fingerprint density at radius 2 is 1.63 bits per heavy atom. The fraction of sp³-hybridized carbons (Fsp3) is 0.188. The molecule has 2 aromatic carbocycles. The van der Waals surface area contributed by atoms with Gasteiger partial charge in [-0.15, -0.1) is 0 Å². The summed E-state index contributed by atoms with van der Waals surface area (Å²) in [7, 11) is 1.61. The first-order valence-electron chi connectivity index (χ1n) is 6.07. The molecule has 0 aliphatic carbocycles. The minimum atomic E-state index is -0.449. The maximum absolute atomic E-state index is 11.3. The van der Waals surface area contributed by atoms with Crippen LogP contribution < -0.4 is 4.74 Å². The Bertz CT molecular complexity index is 549. The topological polar surface area (TPSA) is 35.5 Å². The van der Waals surface area contributed by atoms with Gasteiger partial charge in [0.2, 0.25) is 0 Å². The fourth-order valence-electron chi connectivity index (χ4n) is 1.99. The van der Waals surface area contributed by atoms with Crippen molar-refractivity contribution in [1.29, 1.82) is 0 Å². The summed E-state index contributed by atoms with van der Waals surface area (Å²) in [6, 6.07) is 17.2. The first kappa shape index (κ1) is 13.1. The van der Waals surface area contributed by atoms with Gasteiger partial charge in [-0.05, 0) is 11.6 Å². The van der Waals surface area contributed by atoms with E-state index in [4.69, 9.17) is 9.47 Å². The lowest BCUT2D eigenvalue weighted by molar-refractivity contribution is -0.144. The monoisotopic (exact) mass is 256 g/mol. The Morgan fingerprint density at radius 3 is 2.26 bits per heavy atom. The van der Waals surface area contributed by atoms with E-state index < -0.39 is 6.10 Å². The van der Waals surface area contributed by atoms with E-state index in [1.807, 2.05) is 54.6 Å². The Hall–Kier alpha value is -2.29. The molecule has 3 nitrogen and oxygen atoms in total. The van der Waals surface area contributed by atoms with Gasteiger partial charge in [0.15, 0.2) is 6.10 Å². The second-order valence-corrected chi connectivity index (χ2v) is 4.14. The largest absolute Gasteiger partial charge is 0.496 e. The SMILES string of the molecule is COc1ccccc1C(OC(C)=O)c1ccccc1. The molecule has 0 amide bonds. The van der Waals surface area contributed by atoms with Crippen molar-refractivity contribution in [2.45, 2.75) is 13.0 Å². The molecule has 0 spiro atoms. The molecule has 1 unspecified atom stereocenters. The number of ether oxygens (including phenoxy) is 2. The zero-order valence-corrected chi connectivity index (χ0v) is 11.0. The van der Waals surface area contributed by atoms with Gasteiger partial charge in [-0.25, -0.2) is 0 Å². The highest BCUT2D eigenvalue weighted by molar-refractivity contribution is 5.67. The van der Waals surface area contributed by atoms with E-state index in [0.29, 0.717) is 5.75 Å². The van der Waals surface area contributed by atoms with Crippen LogP contribution in [-0.4, -0.2) is 13.1 Å². The summed E-state index contributed by atoms with van der Waals surface area (Å²) < 4.78 is 10.8. The molecule has 2 aromatic rings. The molecule has 0 aromatic heterocycles. The summed E-state index contributed by atoms with van der Waals surface area (Å²) in [6.07, 6.45) is -0.449. The number of esters is 1. The van der Waals surface area contributed by atoms with Gasteiger partial charge in [-0.1, -0.05) is 48.5 Å². The smallest absolute Gasteiger partial charge is 0.303 e. The minimum Gasteiger partial charge on any atom is -0.496 e. The second kappa shape index (κ2) is 6.05. The van der Waals surface area contributed by atoms with E-state index in [2.05, 4.69) is 0 Å². The molecule has 0 fully saturated rings. The van der Waals surface area contributed by atoms with Crippen molar-refractivity contribution in [3.8, 4) is 5.75 Å². The molecule has 0 aliphatic heterocycles. The molecule has 0 N–H and O–H groups in total. The molecule has 1 atom stereocenters. The molecule has 2 rings (SSSR count). The van der Waals surface area contributed by atoms with Crippen molar-refractivity contribution in [1.82, 2.24) is 0 Å². The van der Waals surface area contributed by atoms with Crippen LogP contribution in [0, 0.1) is 0 Å². The van der Waals surface area contributed by atoms with Crippen LogP contribution >= 0.6 is 0 Å². The van der Waals surface area contributed by atoms with Crippen LogP contribution in [0.4, 0.5) is 0 Å². The van der Waals surface area contributed by atoms with E-state index in [-0.39, 0.29) is 5.97 Å². The lowest BCUT2D eigenvalue weighted by Crippen LogP contribution is -2.11. The van der Waals surface area contributed by atoms with Crippen molar-refractivity contribution in [3.63, 3.8) is 0 Å². The molecule has 0 heterocycles. The van der Waals surface area contributed by atoms with Crippen LogP contribution in [0.5, 0.6) is 5.75 Å². The number of methoxy groups -OCH3 is 1. The summed E-state index contributed by atoms with van der Waals surface area (Å²) in [6.45, 7) is 1.41. The van der Waals surface area contributed by atoms with Crippen LogP contribution in [0.15, 0.2) is 54.6 Å². The zero-order chi connectivity index (χ0) is 13.7. The average molecular weight is 256 g/mol. The Kier molecular flexibility index (Phi) is 4.18. The molecule has 0 radical (unpaired) electrons. The Morgan fingerprint density at radius 1 is 1.00 bits per heavy atom. The average Bonchev–Trinajstić information content (AvgIpc) is 2.45. The molecule has 0 bridgehead atoms. The number of carbonyl (C=O) groups excluding carboxylic acids is 1. The molecule has 0 aliphatic rings. The molecular weight excluding hydrogens is 240 g/mol. The highest BCUT2D eigenvalue weighted by Gasteiger charge is 2.20. The van der Waals surface area contributed by atoms with Crippen molar-refractivity contribution in [2.24, 2.45) is 0 Å². The van der Waals surface area contributed by atoms with Gasteiger partial charge in [-0.2, -0.15) is 0 Å². The molecule has 0 saturated carbocycles. The van der Waals surface area contributed by atoms with Crippen LogP contribution in [0.1, 0.15) is 24.2 Å². The van der Waals surface area contributed by atoms with Crippen molar-refractivity contribution < 1.29 is 14.3 Å². The maximum Gasteiger partial charge on any atom is 0.303 e. The predicted octanol–water partition coefficient (Wildman–Crippen LogP) is 3.35. The van der Waals surface area contributed by atoms with Gasteiger partial charge in [0.25, 0.3) is 0 Å². The first-order chi connectivity index (χ1) is 9.22. The van der Waals surface area contributed by atoms with Gasteiger partial charge in [0, 0.05) is 12.5 Å². The fourth-order valence-corrected chi connectivity index (χ4v) is 1.99. The number of rotatable bonds is 4. The number of para-hydroxylation sites is 1. The molecule has 0 saturated heterocycles. The van der Waals surface area contributed by atoms with E-state index in [1.165, 1.54) is 6.92 Å². The number of hydrogen-bond acceptors (Lipinski definition) is 3. The number of benzene rings is 2. The Labute approximate surface area is 112 Å². The van der Waals surface area contributed by atoms with E-state index in [1.54, 1.807) is 7.11 Å². The van der Waals surface area contributed by atoms with Gasteiger partial charge in [0.1, 0.15) is 5.75 Å². The van der Waals surface area contributed by atoms with E-state index >= 15 is 0 Å². The molecule has 3 heteroatoms. The van der Waals surface area contributed by atoms with Crippen LogP contribution in [0.2, 0.25) is 0 Å². The van der Waals surface area contributed by atoms with Crippen molar-refractivity contribution in [3.05, 3.63) is 65.7 Å². The quantitative estimate of drug-likeness (QED) is 0.787. The lowest BCUT2D eigenvalue weighted by atomic mass is 10.0. The summed E-state index contributed by atoms with van der Waals surface area (Å²) in [5, 5.41) is 0. The van der Waals surface area contributed by atoms with Crippen LogP contribution in [0.3, 0.4) is 0 Å². The predicted molar refractivity (Wildman–Crippen MR) is 73.0 cm³/mol. The first-order valence-corrected chi connectivity index (χ1v) is 6.07. The summed E-state index contributed by atoms with van der Waals surface area (Å²) in [5.74, 6) is 0.386. The summed E-state index contributed by atoms with van der Waals surface area (Å²) in [5.41, 5.74) is 1.76. The number of carbonyl (C=O) groups is 1. The maximum atomic E-state index is 11.3. The minimum absolute atomic E-state index is 0.320. The molecular formula is C16H16O3. The van der Waals surface area contributed by atoms with Gasteiger partial charge in [-0.3, -0.25) is 4.79 Å². The molecule has 19 heavy (non-hydrogen) atoms. The normalized spacial score (nSPS) is 11.7. The third-order valence-electron chi connectivity index (χ3n) is 2.81. The van der Waals surface area contributed by atoms with Gasteiger partial charge in [0.05, 0.1) is 7.11 Å². The van der Waals surface area contributed by atoms with E-state index in [0.717, 1.165) is 11.1 Å². The van der Waals surface area contributed by atoms with Crippen molar-refractivity contribution >= 4 is 5.97 Å². The van der Waals surface area contributed by atoms with Crippen molar-refractivity contribution in [2.75, 3.05) is 7.11 Å². The van der Waals surface area contributed by atoms with Crippen LogP contribution in [-0.2, 0) is 9.53 Å². The molecule has 98 valence electrons. The highest BCUT2D eigenvalue weighted by Crippen LogP contribution is 2.32. The van der Waals surface area contributed by atoms with Gasteiger partial charge < -0.3 is 9.47 Å². The lowest BCUT2D eigenvalue weighted by Gasteiger charge is -2.20. The Balaban J connectivity index is 2.46. The third kappa shape index (κ3) is 3.13. The third-order valence-corrected chi connectivity index (χ3v) is 2.81. The second-order valence-electron chi connectivity index (χ2n) is 4.14. The van der Waals surface area contributed by atoms with Crippen LogP contribution in [0.25, 0.3) is 0 Å². The standard InChI is InChI=1S/C16H16O3/c1-12(17)19-16(13-8-4-3-5-9-13)14-10-6-7-11-15(14)18-2/h3-11,16H,1-2H3. The summed E-state index contributed by atoms with van der Waals surface area (Å²) >= 11 is 0.